The Labute approximate surface area is 445 Å². The standard InChI is InChI=1S/C54H51Cl2F6N11O4/c55-44-47-30(43(74)11-13-72(47)41-9-7-25(57)14-37(41)59)18-39(61)49(44)70-20-32-29(33(32)21-70)17-28(64)16-27(63)6-4-2-1-3-5-12-67-53(65)69-54(66)68-46-34-22-71(23-35(34)46)50-40(62)19-31-48(45(50)56)73(24-36(51(31)75)52(76)77)42-10-8-26(58)15-38(42)60/h7-11,13-15,18-19,24,29,32-35,46,63-64H,1-6,12,16-17,20-23H2,(H,76,77)(H5,65,66,67,68,69). The minimum absolute atomic E-state index is 0.0313. The summed E-state index contributed by atoms with van der Waals surface area (Å²) >= 11 is 13.6. The molecule has 2 aromatic heterocycles. The molecule has 77 heavy (non-hydrogen) atoms. The van der Waals surface area contributed by atoms with Crippen LogP contribution in [0.5, 0.6) is 0 Å². The average Bonchev–Trinajstić information content (AvgIpc) is 4.15. The van der Waals surface area contributed by atoms with Crippen molar-refractivity contribution in [3.63, 3.8) is 0 Å². The number of carboxylic acids is 1. The second kappa shape index (κ2) is 21.2. The van der Waals surface area contributed by atoms with Crippen LogP contribution in [-0.2, 0) is 0 Å². The Bertz CT molecular complexity index is 3610. The summed E-state index contributed by atoms with van der Waals surface area (Å²) in [6.07, 6.45) is 7.96. The fourth-order valence-corrected chi connectivity index (χ4v) is 12.3. The molecule has 10 rings (SSSR count). The number of hydrogen-bond acceptors (Lipinski definition) is 9. The van der Waals surface area contributed by atoms with Crippen molar-refractivity contribution in [3.8, 4) is 11.4 Å². The molecule has 2 aliphatic carbocycles. The number of pyridine rings is 2. The van der Waals surface area contributed by atoms with Gasteiger partial charge in [-0.1, -0.05) is 42.5 Å². The number of carboxylic acid groups (broad SMARTS) is 1. The van der Waals surface area contributed by atoms with Crippen LogP contribution < -0.4 is 37.4 Å². The predicted molar refractivity (Wildman–Crippen MR) is 285 cm³/mol. The summed E-state index contributed by atoms with van der Waals surface area (Å²) in [7, 11) is 0. The van der Waals surface area contributed by atoms with Crippen molar-refractivity contribution in [2.75, 3.05) is 42.5 Å². The third-order valence-electron chi connectivity index (χ3n) is 15.3. The molecule has 4 unspecified atom stereocenters. The molecule has 4 fully saturated rings. The molecule has 0 bridgehead atoms. The highest BCUT2D eigenvalue weighted by atomic mass is 35.5. The summed E-state index contributed by atoms with van der Waals surface area (Å²) in [6.45, 7) is 2.06. The monoisotopic (exact) mass is 1100 g/mol. The van der Waals surface area contributed by atoms with Crippen molar-refractivity contribution >= 4 is 85.7 Å². The molecule has 4 heterocycles. The molecule has 4 aromatic carbocycles. The Morgan fingerprint density at radius 1 is 0.688 bits per heavy atom. The number of nitrogens with two attached hydrogens (primary N) is 2. The van der Waals surface area contributed by atoms with Gasteiger partial charge in [0.15, 0.2) is 17.3 Å². The maximum atomic E-state index is 15.8. The van der Waals surface area contributed by atoms with Crippen molar-refractivity contribution in [2.24, 2.45) is 51.0 Å². The minimum atomic E-state index is -1.62. The molecular weight excluding hydrogens is 1050 g/mol. The highest BCUT2D eigenvalue weighted by Crippen LogP contribution is 2.56. The van der Waals surface area contributed by atoms with E-state index in [0.717, 1.165) is 79.3 Å². The summed E-state index contributed by atoms with van der Waals surface area (Å²) in [5, 5.41) is 28.9. The first-order valence-corrected chi connectivity index (χ1v) is 25.8. The summed E-state index contributed by atoms with van der Waals surface area (Å²) in [4.78, 5) is 50.2. The van der Waals surface area contributed by atoms with Gasteiger partial charge in [0.25, 0.3) is 0 Å². The van der Waals surface area contributed by atoms with Crippen LogP contribution in [0.1, 0.15) is 61.7 Å². The molecule has 6 aromatic rings. The third-order valence-corrected chi connectivity index (χ3v) is 16.0. The van der Waals surface area contributed by atoms with E-state index in [2.05, 4.69) is 15.3 Å². The van der Waals surface area contributed by atoms with Crippen molar-refractivity contribution in [2.45, 2.75) is 57.4 Å². The Kier molecular flexibility index (Phi) is 14.6. The van der Waals surface area contributed by atoms with E-state index in [4.69, 9.17) is 45.5 Å². The first-order chi connectivity index (χ1) is 36.8. The molecule has 4 aliphatic rings. The van der Waals surface area contributed by atoms with Gasteiger partial charge in [0, 0.05) is 93.0 Å². The molecule has 8 N–H and O–H groups in total. The van der Waals surface area contributed by atoms with Crippen LogP contribution >= 0.6 is 23.2 Å². The number of rotatable bonds is 18. The average molecular weight is 1100 g/mol. The molecule has 402 valence electrons. The fourth-order valence-electron chi connectivity index (χ4n) is 11.5. The van der Waals surface area contributed by atoms with Gasteiger partial charge in [0.05, 0.1) is 60.6 Å². The van der Waals surface area contributed by atoms with Gasteiger partial charge in [-0.2, -0.15) is 0 Å². The largest absolute Gasteiger partial charge is 0.477 e. The van der Waals surface area contributed by atoms with Gasteiger partial charge in [-0.3, -0.25) is 19.9 Å². The fraction of sp³-hybridized carbons (Fsp3) is 0.352. The zero-order chi connectivity index (χ0) is 54.7. The van der Waals surface area contributed by atoms with Gasteiger partial charge < -0.3 is 46.3 Å². The number of benzene rings is 4. The number of piperidine rings is 2. The number of aromatic nitrogens is 2. The highest BCUT2D eigenvalue weighted by molar-refractivity contribution is 6.38. The van der Waals surface area contributed by atoms with E-state index in [1.807, 2.05) is 4.90 Å². The number of carbonyl (C=O) groups is 1. The number of fused-ring (bicyclic) bond motifs is 4. The van der Waals surface area contributed by atoms with E-state index in [1.165, 1.54) is 22.9 Å². The SMILES string of the molecule is N=C(CCCCCCCN=C(N)NC(N)=NC1C2CN(c3c(F)cc4c(=O)c(C(=O)O)cn(-c5ccc(F)cc5F)c4c3Cl)CC21)CC(=N)CC1C2CN(c3c(F)cc4c(=O)ccn(-c5ccc(F)cc5F)c4c3Cl)CC12. The number of unbranched alkanes of at least 4 members (excludes halogenated alkanes) is 4. The number of halogens is 8. The highest BCUT2D eigenvalue weighted by Gasteiger charge is 2.57. The molecule has 4 atom stereocenters. The van der Waals surface area contributed by atoms with Crippen molar-refractivity contribution in [1.29, 1.82) is 10.8 Å². The van der Waals surface area contributed by atoms with Crippen LogP contribution in [0, 0.1) is 75.3 Å². The van der Waals surface area contributed by atoms with Crippen LogP contribution in [0.2, 0.25) is 10.0 Å². The third kappa shape index (κ3) is 10.5. The summed E-state index contributed by atoms with van der Waals surface area (Å²) in [5.74, 6) is -6.00. The van der Waals surface area contributed by atoms with Gasteiger partial charge in [-0.05, 0) is 79.8 Å². The summed E-state index contributed by atoms with van der Waals surface area (Å²) in [6, 6.07) is 8.61. The van der Waals surface area contributed by atoms with Crippen LogP contribution in [0.25, 0.3) is 33.2 Å². The second-order valence-corrected chi connectivity index (χ2v) is 21.0. The predicted octanol–water partition coefficient (Wildman–Crippen LogP) is 9.33. The van der Waals surface area contributed by atoms with E-state index < -0.39 is 62.7 Å². The first-order valence-electron chi connectivity index (χ1n) is 25.1. The van der Waals surface area contributed by atoms with E-state index in [9.17, 15) is 32.7 Å². The van der Waals surface area contributed by atoms with Crippen molar-refractivity contribution in [3.05, 3.63) is 138 Å². The molecule has 0 spiro atoms. The van der Waals surface area contributed by atoms with E-state index >= 15 is 13.2 Å². The maximum Gasteiger partial charge on any atom is 0.341 e. The maximum absolute atomic E-state index is 15.8. The Hall–Kier alpha value is -7.39. The molecule has 0 amide bonds. The van der Waals surface area contributed by atoms with Crippen LogP contribution in [-0.4, -0.2) is 82.3 Å². The zero-order valence-electron chi connectivity index (χ0n) is 41.0. The van der Waals surface area contributed by atoms with Crippen LogP contribution in [0.4, 0.5) is 37.7 Å². The molecule has 2 saturated carbocycles. The van der Waals surface area contributed by atoms with Crippen molar-refractivity contribution in [1.82, 2.24) is 14.5 Å². The van der Waals surface area contributed by atoms with Crippen molar-refractivity contribution < 1.29 is 36.2 Å². The van der Waals surface area contributed by atoms with Gasteiger partial charge in [0.2, 0.25) is 5.43 Å². The first kappa shape index (κ1) is 53.0. The topological polar surface area (TPSA) is 224 Å². The van der Waals surface area contributed by atoms with E-state index in [0.29, 0.717) is 69.5 Å². The van der Waals surface area contributed by atoms with Crippen LogP contribution in [0.3, 0.4) is 0 Å². The van der Waals surface area contributed by atoms with Gasteiger partial charge >= 0.3 is 5.97 Å². The van der Waals surface area contributed by atoms with E-state index in [-0.39, 0.29) is 96.8 Å². The lowest BCUT2D eigenvalue weighted by atomic mass is 10.0. The number of aliphatic imine (C=N–C) groups is 2. The summed E-state index contributed by atoms with van der Waals surface area (Å²) < 4.78 is 91.2. The lowest BCUT2D eigenvalue weighted by Gasteiger charge is -2.25. The Morgan fingerprint density at radius 2 is 1.23 bits per heavy atom. The number of guanidine groups is 2. The number of nitrogens with one attached hydrogen (secondary N) is 3. The van der Waals surface area contributed by atoms with Crippen LogP contribution in [0.15, 0.2) is 86.6 Å². The van der Waals surface area contributed by atoms with E-state index in [1.54, 1.807) is 4.90 Å². The number of nitrogens with zero attached hydrogens (tertiary/aromatic N) is 6. The molecular formula is C54H51Cl2F6N11O4. The minimum Gasteiger partial charge on any atom is -0.477 e. The smallest absolute Gasteiger partial charge is 0.341 e. The number of aromatic carboxylic acids is 1. The second-order valence-electron chi connectivity index (χ2n) is 20.3. The zero-order valence-corrected chi connectivity index (χ0v) is 42.6. The summed E-state index contributed by atoms with van der Waals surface area (Å²) in [5.41, 5.74) is 10.7. The quantitative estimate of drug-likeness (QED) is 0.0208. The van der Waals surface area contributed by atoms with Gasteiger partial charge in [-0.25, -0.2) is 36.1 Å². The molecule has 23 heteroatoms. The Balaban J connectivity index is 0.631. The molecule has 0 radical (unpaired) electrons. The Morgan fingerprint density at radius 3 is 1.83 bits per heavy atom. The van der Waals surface area contributed by atoms with Gasteiger partial charge in [-0.15, -0.1) is 0 Å². The molecule has 2 aliphatic heterocycles. The molecule has 15 nitrogen and oxygen atoms in total. The number of hydrogen-bond donors (Lipinski definition) is 6. The lowest BCUT2D eigenvalue weighted by Crippen LogP contribution is -2.42. The molecule has 2 saturated heterocycles. The normalized spacial score (nSPS) is 20.7. The number of anilines is 2. The lowest BCUT2D eigenvalue weighted by molar-refractivity contribution is 0.0695. The van der Waals surface area contributed by atoms with Gasteiger partial charge in [0.1, 0.15) is 40.5 Å².